The smallest absolute Gasteiger partial charge is 0.337 e. The van der Waals surface area contributed by atoms with Gasteiger partial charge in [0.15, 0.2) is 0 Å². The second kappa shape index (κ2) is 6.52. The third kappa shape index (κ3) is 3.04. The van der Waals surface area contributed by atoms with Crippen LogP contribution in [0.4, 0.5) is 0 Å². The molecule has 3 rings (SSSR count). The SMILES string of the molecule is CCn1c(COc2cccc(C(=O)OC)c2)nc2ccccc21. The van der Waals surface area contributed by atoms with E-state index >= 15 is 0 Å². The summed E-state index contributed by atoms with van der Waals surface area (Å²) >= 11 is 0. The second-order valence-corrected chi connectivity index (χ2v) is 5.07. The van der Waals surface area contributed by atoms with Crippen LogP contribution in [0.15, 0.2) is 48.5 Å². The zero-order chi connectivity index (χ0) is 16.2. The van der Waals surface area contributed by atoms with Crippen LogP contribution in [0.5, 0.6) is 5.75 Å². The fourth-order valence-corrected chi connectivity index (χ4v) is 2.57. The van der Waals surface area contributed by atoms with Crippen molar-refractivity contribution in [2.75, 3.05) is 7.11 Å². The minimum Gasteiger partial charge on any atom is -0.486 e. The average molecular weight is 310 g/mol. The van der Waals surface area contributed by atoms with Crippen LogP contribution in [0.3, 0.4) is 0 Å². The topological polar surface area (TPSA) is 53.4 Å². The van der Waals surface area contributed by atoms with Gasteiger partial charge in [-0.15, -0.1) is 0 Å². The van der Waals surface area contributed by atoms with Gasteiger partial charge in [-0.25, -0.2) is 9.78 Å². The lowest BCUT2D eigenvalue weighted by molar-refractivity contribution is 0.0600. The van der Waals surface area contributed by atoms with Crippen LogP contribution in [-0.2, 0) is 17.9 Å². The first-order valence-corrected chi connectivity index (χ1v) is 7.48. The summed E-state index contributed by atoms with van der Waals surface area (Å²) in [5.41, 5.74) is 2.52. The normalized spacial score (nSPS) is 10.7. The maximum Gasteiger partial charge on any atom is 0.337 e. The van der Waals surface area contributed by atoms with Crippen molar-refractivity contribution in [3.8, 4) is 5.75 Å². The summed E-state index contributed by atoms with van der Waals surface area (Å²) in [5.74, 6) is 1.09. The van der Waals surface area contributed by atoms with Crippen LogP contribution in [0.1, 0.15) is 23.1 Å². The van der Waals surface area contributed by atoms with E-state index < -0.39 is 0 Å². The van der Waals surface area contributed by atoms with Gasteiger partial charge in [0.1, 0.15) is 18.2 Å². The number of nitrogens with zero attached hydrogens (tertiary/aromatic N) is 2. The van der Waals surface area contributed by atoms with Gasteiger partial charge in [-0.05, 0) is 37.3 Å². The zero-order valence-electron chi connectivity index (χ0n) is 13.2. The summed E-state index contributed by atoms with van der Waals surface area (Å²) in [6.07, 6.45) is 0. The monoisotopic (exact) mass is 310 g/mol. The number of fused-ring (bicyclic) bond motifs is 1. The Kier molecular flexibility index (Phi) is 4.28. The van der Waals surface area contributed by atoms with Gasteiger partial charge in [0.2, 0.25) is 0 Å². The lowest BCUT2D eigenvalue weighted by Crippen LogP contribution is -2.06. The predicted molar refractivity (Wildman–Crippen MR) is 87.5 cm³/mol. The number of carbonyl (C=O) groups is 1. The largest absolute Gasteiger partial charge is 0.486 e. The first-order chi connectivity index (χ1) is 11.2. The van der Waals surface area contributed by atoms with Gasteiger partial charge < -0.3 is 14.0 Å². The highest BCUT2D eigenvalue weighted by Gasteiger charge is 2.11. The van der Waals surface area contributed by atoms with Gasteiger partial charge >= 0.3 is 5.97 Å². The number of ether oxygens (including phenoxy) is 2. The number of benzene rings is 2. The van der Waals surface area contributed by atoms with Crippen LogP contribution in [0.25, 0.3) is 11.0 Å². The highest BCUT2D eigenvalue weighted by molar-refractivity contribution is 5.89. The van der Waals surface area contributed by atoms with Crippen LogP contribution >= 0.6 is 0 Å². The number of hydrogen-bond acceptors (Lipinski definition) is 4. The molecule has 1 aromatic heterocycles. The number of aryl methyl sites for hydroxylation is 1. The van der Waals surface area contributed by atoms with Gasteiger partial charge in [-0.3, -0.25) is 0 Å². The third-order valence-electron chi connectivity index (χ3n) is 3.67. The Morgan fingerprint density at radius 2 is 2.00 bits per heavy atom. The molecule has 5 nitrogen and oxygen atoms in total. The number of methoxy groups -OCH3 is 1. The first kappa shape index (κ1) is 15.1. The maximum atomic E-state index is 11.6. The minimum absolute atomic E-state index is 0.340. The van der Waals surface area contributed by atoms with Gasteiger partial charge in [0, 0.05) is 6.54 Å². The summed E-state index contributed by atoms with van der Waals surface area (Å²) < 4.78 is 12.7. The molecule has 0 saturated heterocycles. The molecule has 0 spiro atoms. The van der Waals surface area contributed by atoms with Crippen LogP contribution < -0.4 is 4.74 Å². The van der Waals surface area contributed by atoms with E-state index in [1.807, 2.05) is 30.3 Å². The molecule has 1 heterocycles. The minimum atomic E-state index is -0.378. The molecular formula is C18H18N2O3. The molecular weight excluding hydrogens is 292 g/mol. The molecule has 5 heteroatoms. The van der Waals surface area contributed by atoms with Crippen LogP contribution in [0.2, 0.25) is 0 Å². The van der Waals surface area contributed by atoms with Gasteiger partial charge in [0.25, 0.3) is 0 Å². The number of para-hydroxylation sites is 2. The molecule has 0 saturated carbocycles. The van der Waals surface area contributed by atoms with Crippen LogP contribution in [-0.4, -0.2) is 22.6 Å². The zero-order valence-corrected chi connectivity index (χ0v) is 13.2. The number of hydrogen-bond donors (Lipinski definition) is 0. The molecule has 0 fully saturated rings. The van der Waals surface area contributed by atoms with Crippen molar-refractivity contribution >= 4 is 17.0 Å². The van der Waals surface area contributed by atoms with Crippen molar-refractivity contribution in [3.05, 3.63) is 59.9 Å². The van der Waals surface area contributed by atoms with Crippen molar-refractivity contribution in [1.82, 2.24) is 9.55 Å². The number of aromatic nitrogens is 2. The highest BCUT2D eigenvalue weighted by atomic mass is 16.5. The van der Waals surface area contributed by atoms with Crippen molar-refractivity contribution < 1.29 is 14.3 Å². The molecule has 0 unspecified atom stereocenters. The molecule has 0 amide bonds. The molecule has 23 heavy (non-hydrogen) atoms. The molecule has 0 bridgehead atoms. The predicted octanol–water partition coefficient (Wildman–Crippen LogP) is 3.42. The van der Waals surface area contributed by atoms with Crippen molar-refractivity contribution in [3.63, 3.8) is 0 Å². The Morgan fingerprint density at radius 3 is 2.78 bits per heavy atom. The Labute approximate surface area is 134 Å². The lowest BCUT2D eigenvalue weighted by Gasteiger charge is -2.09. The quantitative estimate of drug-likeness (QED) is 0.678. The van der Waals surface area contributed by atoms with E-state index in [9.17, 15) is 4.79 Å². The molecule has 2 aromatic carbocycles. The fourth-order valence-electron chi connectivity index (χ4n) is 2.57. The standard InChI is InChI=1S/C18H18N2O3/c1-3-20-16-10-5-4-9-15(16)19-17(20)12-23-14-8-6-7-13(11-14)18(21)22-2/h4-11H,3,12H2,1-2H3. The maximum absolute atomic E-state index is 11.6. The Balaban J connectivity index is 1.82. The average Bonchev–Trinajstić information content (AvgIpc) is 2.97. The summed E-state index contributed by atoms with van der Waals surface area (Å²) in [6.45, 7) is 3.24. The summed E-state index contributed by atoms with van der Waals surface area (Å²) in [5, 5.41) is 0. The van der Waals surface area contributed by atoms with E-state index in [-0.39, 0.29) is 5.97 Å². The molecule has 0 atom stereocenters. The number of carbonyl (C=O) groups excluding carboxylic acids is 1. The molecule has 0 radical (unpaired) electrons. The molecule has 3 aromatic rings. The first-order valence-electron chi connectivity index (χ1n) is 7.48. The van der Waals surface area contributed by atoms with E-state index in [0.717, 1.165) is 23.4 Å². The third-order valence-corrected chi connectivity index (χ3v) is 3.67. The van der Waals surface area contributed by atoms with E-state index in [1.54, 1.807) is 18.2 Å². The molecule has 0 N–H and O–H groups in total. The highest BCUT2D eigenvalue weighted by Crippen LogP contribution is 2.19. The van der Waals surface area contributed by atoms with E-state index in [2.05, 4.69) is 16.5 Å². The lowest BCUT2D eigenvalue weighted by atomic mass is 10.2. The summed E-state index contributed by atoms with van der Waals surface area (Å²) in [4.78, 5) is 16.2. The van der Waals surface area contributed by atoms with Crippen LogP contribution in [0, 0.1) is 0 Å². The van der Waals surface area contributed by atoms with E-state index in [0.29, 0.717) is 17.9 Å². The van der Waals surface area contributed by atoms with Crippen molar-refractivity contribution in [2.45, 2.75) is 20.1 Å². The number of imidazole rings is 1. The van der Waals surface area contributed by atoms with Crippen molar-refractivity contribution in [1.29, 1.82) is 0 Å². The van der Waals surface area contributed by atoms with Gasteiger partial charge in [-0.2, -0.15) is 0 Å². The molecule has 0 aliphatic rings. The molecule has 0 aliphatic carbocycles. The van der Waals surface area contributed by atoms with E-state index in [4.69, 9.17) is 9.47 Å². The van der Waals surface area contributed by atoms with Crippen molar-refractivity contribution in [2.24, 2.45) is 0 Å². The van der Waals surface area contributed by atoms with Gasteiger partial charge in [-0.1, -0.05) is 18.2 Å². The summed E-state index contributed by atoms with van der Waals surface area (Å²) in [6, 6.07) is 15.0. The summed E-state index contributed by atoms with van der Waals surface area (Å²) in [7, 11) is 1.36. The van der Waals surface area contributed by atoms with E-state index in [1.165, 1.54) is 7.11 Å². The fraction of sp³-hybridized carbons (Fsp3) is 0.222. The Morgan fingerprint density at radius 1 is 1.17 bits per heavy atom. The van der Waals surface area contributed by atoms with Gasteiger partial charge in [0.05, 0.1) is 23.7 Å². The number of rotatable bonds is 5. The Bertz CT molecular complexity index is 839. The second-order valence-electron chi connectivity index (χ2n) is 5.07. The Hall–Kier alpha value is -2.82. The molecule has 118 valence electrons. The number of esters is 1. The molecule has 0 aliphatic heterocycles.